The second kappa shape index (κ2) is 10.9. The zero-order valence-corrected chi connectivity index (χ0v) is 28.2. The molecule has 0 fully saturated rings. The molecule has 2 aliphatic carbocycles. The predicted octanol–water partition coefficient (Wildman–Crippen LogP) is 13.6. The van der Waals surface area contributed by atoms with Crippen LogP contribution in [0.3, 0.4) is 0 Å². The van der Waals surface area contributed by atoms with E-state index in [-0.39, 0.29) is 5.41 Å². The van der Waals surface area contributed by atoms with Gasteiger partial charge in [0.1, 0.15) is 0 Å². The van der Waals surface area contributed by atoms with Crippen molar-refractivity contribution in [2.75, 3.05) is 4.90 Å². The van der Waals surface area contributed by atoms with Crippen molar-refractivity contribution in [1.29, 1.82) is 0 Å². The van der Waals surface area contributed by atoms with Gasteiger partial charge < -0.3 is 4.90 Å². The molecule has 8 aromatic carbocycles. The highest BCUT2D eigenvalue weighted by atomic mass is 15.1. The molecule has 0 saturated heterocycles. The number of hydrogen-bond donors (Lipinski definition) is 0. The Hall–Kier alpha value is -6.18. The Morgan fingerprint density at radius 1 is 0.360 bits per heavy atom. The highest BCUT2D eigenvalue weighted by Crippen LogP contribution is 2.54. The Bertz CT molecular complexity index is 2580. The second-order valence-corrected chi connectivity index (χ2v) is 14.1. The van der Waals surface area contributed by atoms with E-state index >= 15 is 0 Å². The molecule has 0 amide bonds. The van der Waals surface area contributed by atoms with Gasteiger partial charge in [-0.15, -0.1) is 0 Å². The average Bonchev–Trinajstić information content (AvgIpc) is 3.62. The Labute approximate surface area is 293 Å². The van der Waals surface area contributed by atoms with Gasteiger partial charge >= 0.3 is 0 Å². The topological polar surface area (TPSA) is 3.24 Å². The number of hydrogen-bond acceptors (Lipinski definition) is 1. The molecule has 0 radical (unpaired) electrons. The Kier molecular flexibility index (Phi) is 6.29. The van der Waals surface area contributed by atoms with Crippen molar-refractivity contribution in [3.63, 3.8) is 0 Å². The summed E-state index contributed by atoms with van der Waals surface area (Å²) in [5.74, 6) is 0. The van der Waals surface area contributed by atoms with Crippen LogP contribution in [0.4, 0.5) is 17.1 Å². The van der Waals surface area contributed by atoms with Gasteiger partial charge in [-0.05, 0) is 96.9 Å². The monoisotopic (exact) mass is 637 g/mol. The first-order valence-electron chi connectivity index (χ1n) is 17.5. The van der Waals surface area contributed by atoms with Gasteiger partial charge in [0.15, 0.2) is 0 Å². The third-order valence-corrected chi connectivity index (χ3v) is 11.0. The average molecular weight is 638 g/mol. The van der Waals surface area contributed by atoms with Crippen LogP contribution < -0.4 is 4.90 Å². The molecule has 0 saturated carbocycles. The van der Waals surface area contributed by atoms with Gasteiger partial charge in [-0.2, -0.15) is 0 Å². The molecule has 0 spiro atoms. The van der Waals surface area contributed by atoms with Crippen molar-refractivity contribution >= 4 is 27.8 Å². The van der Waals surface area contributed by atoms with E-state index in [2.05, 4.69) is 195 Å². The molecule has 8 aromatic rings. The molecule has 1 heteroatoms. The van der Waals surface area contributed by atoms with Crippen molar-refractivity contribution < 1.29 is 0 Å². The third-order valence-electron chi connectivity index (χ3n) is 11.0. The maximum atomic E-state index is 2.52. The van der Waals surface area contributed by atoms with Crippen LogP contribution in [-0.4, -0.2) is 0 Å². The number of nitrogens with zero attached hydrogens (tertiary/aromatic N) is 1. The molecule has 236 valence electrons. The number of anilines is 3. The molecule has 0 atom stereocenters. The van der Waals surface area contributed by atoms with Crippen LogP contribution in [0.15, 0.2) is 176 Å². The summed E-state index contributed by atoms with van der Waals surface area (Å²) in [6.07, 6.45) is 0. The van der Waals surface area contributed by atoms with Crippen LogP contribution in [0.1, 0.15) is 25.0 Å². The summed E-state index contributed by atoms with van der Waals surface area (Å²) in [6, 6.07) is 64.9. The molecule has 0 bridgehead atoms. The minimum Gasteiger partial charge on any atom is -0.309 e. The highest BCUT2D eigenvalue weighted by Gasteiger charge is 2.36. The minimum absolute atomic E-state index is 0.114. The standard InChI is InChI=1S/C49H35N/c1-49(2)44-23-12-11-20-38(44)39-26-25-35(31-45(39)49)50(46-29-27-41-37-19-10-9-18-36(37)40-21-13-22-42(46)48(40)41)47-28-24-34(32-14-5-3-6-15-32)30-43(47)33-16-7-4-8-17-33/h3-31H,1-2H3. The van der Waals surface area contributed by atoms with Crippen LogP contribution >= 0.6 is 0 Å². The number of rotatable bonds is 5. The zero-order chi connectivity index (χ0) is 33.4. The van der Waals surface area contributed by atoms with E-state index in [4.69, 9.17) is 0 Å². The molecule has 0 unspecified atom stereocenters. The molecule has 0 heterocycles. The number of fused-ring (bicyclic) bond motifs is 6. The first-order valence-corrected chi connectivity index (χ1v) is 17.5. The van der Waals surface area contributed by atoms with Crippen LogP contribution in [0, 0.1) is 0 Å². The maximum absolute atomic E-state index is 2.52. The van der Waals surface area contributed by atoms with Crippen LogP contribution in [0.25, 0.3) is 66.4 Å². The SMILES string of the molecule is CC1(C)c2ccccc2-c2ccc(N(c3ccc(-c4ccccc4)cc3-c3ccccc3)c3ccc4c5c(cccc35)-c3ccccc3-4)cc21. The molecule has 50 heavy (non-hydrogen) atoms. The molecule has 0 aromatic heterocycles. The van der Waals surface area contributed by atoms with Crippen LogP contribution in [0.5, 0.6) is 0 Å². The van der Waals surface area contributed by atoms with E-state index in [1.165, 1.54) is 83.2 Å². The van der Waals surface area contributed by atoms with Gasteiger partial charge in [-0.3, -0.25) is 0 Å². The van der Waals surface area contributed by atoms with Gasteiger partial charge in [0.05, 0.1) is 11.4 Å². The normalized spacial score (nSPS) is 13.2. The van der Waals surface area contributed by atoms with Gasteiger partial charge in [0.2, 0.25) is 0 Å². The van der Waals surface area contributed by atoms with Crippen molar-refractivity contribution in [1.82, 2.24) is 0 Å². The zero-order valence-electron chi connectivity index (χ0n) is 28.2. The summed E-state index contributed by atoms with van der Waals surface area (Å²) < 4.78 is 0. The summed E-state index contributed by atoms with van der Waals surface area (Å²) >= 11 is 0. The molecule has 0 N–H and O–H groups in total. The fourth-order valence-corrected chi connectivity index (χ4v) is 8.62. The second-order valence-electron chi connectivity index (χ2n) is 14.1. The Morgan fingerprint density at radius 3 is 1.70 bits per heavy atom. The molecule has 2 aliphatic rings. The summed E-state index contributed by atoms with van der Waals surface area (Å²) in [7, 11) is 0. The van der Waals surface area contributed by atoms with E-state index in [1.807, 2.05) is 0 Å². The van der Waals surface area contributed by atoms with Crippen LogP contribution in [-0.2, 0) is 5.41 Å². The lowest BCUT2D eigenvalue weighted by atomic mass is 9.82. The van der Waals surface area contributed by atoms with E-state index < -0.39 is 0 Å². The van der Waals surface area contributed by atoms with E-state index in [1.54, 1.807) is 0 Å². The van der Waals surface area contributed by atoms with Crippen molar-refractivity contribution in [3.05, 3.63) is 187 Å². The number of benzene rings is 8. The van der Waals surface area contributed by atoms with E-state index in [0.29, 0.717) is 0 Å². The molecule has 0 aliphatic heterocycles. The lowest BCUT2D eigenvalue weighted by molar-refractivity contribution is 0.660. The summed E-state index contributed by atoms with van der Waals surface area (Å²) in [5, 5.41) is 2.58. The van der Waals surface area contributed by atoms with Crippen molar-refractivity contribution in [2.24, 2.45) is 0 Å². The smallest absolute Gasteiger partial charge is 0.0540 e. The van der Waals surface area contributed by atoms with Gasteiger partial charge in [-0.1, -0.05) is 159 Å². The quantitative estimate of drug-likeness (QED) is 0.181. The fraction of sp³-hybridized carbons (Fsp3) is 0.0612. The van der Waals surface area contributed by atoms with Gasteiger partial charge in [-0.25, -0.2) is 0 Å². The maximum Gasteiger partial charge on any atom is 0.0540 e. The largest absolute Gasteiger partial charge is 0.309 e. The Morgan fingerprint density at radius 2 is 0.940 bits per heavy atom. The summed E-state index contributed by atoms with van der Waals surface area (Å²) in [6.45, 7) is 4.73. The molecular formula is C49H35N. The molecule has 1 nitrogen and oxygen atoms in total. The first kappa shape index (κ1) is 28.8. The lowest BCUT2D eigenvalue weighted by Gasteiger charge is -2.31. The summed E-state index contributed by atoms with van der Waals surface area (Å²) in [5.41, 5.74) is 18.8. The molecular weight excluding hydrogens is 603 g/mol. The van der Waals surface area contributed by atoms with Gasteiger partial charge in [0.25, 0.3) is 0 Å². The van der Waals surface area contributed by atoms with Crippen molar-refractivity contribution in [3.8, 4) is 55.6 Å². The third kappa shape index (κ3) is 4.20. The highest BCUT2D eigenvalue weighted by molar-refractivity contribution is 6.19. The van der Waals surface area contributed by atoms with E-state index in [0.717, 1.165) is 11.4 Å². The Balaban J connectivity index is 1.26. The predicted molar refractivity (Wildman–Crippen MR) is 211 cm³/mol. The minimum atomic E-state index is -0.114. The van der Waals surface area contributed by atoms with Crippen LogP contribution in [0.2, 0.25) is 0 Å². The van der Waals surface area contributed by atoms with E-state index in [9.17, 15) is 0 Å². The molecule has 10 rings (SSSR count). The summed E-state index contributed by atoms with van der Waals surface area (Å²) in [4.78, 5) is 2.52. The van der Waals surface area contributed by atoms with Crippen molar-refractivity contribution in [2.45, 2.75) is 19.3 Å². The first-order chi connectivity index (χ1) is 24.6. The fourth-order valence-electron chi connectivity index (χ4n) is 8.62. The van der Waals surface area contributed by atoms with Gasteiger partial charge in [0, 0.05) is 22.1 Å². The lowest BCUT2D eigenvalue weighted by Crippen LogP contribution is -2.17.